The minimum Gasteiger partial charge on any atom is -0.298 e. The SMILES string of the molecule is CC(C)C(C=O)=CCC1CCCCC1. The minimum absolute atomic E-state index is 0.385. The van der Waals surface area contributed by atoms with Crippen LogP contribution in [0, 0.1) is 11.8 Å². The van der Waals surface area contributed by atoms with E-state index in [9.17, 15) is 4.79 Å². The second-order valence-corrected chi connectivity index (χ2v) is 4.72. The Hall–Kier alpha value is -0.590. The summed E-state index contributed by atoms with van der Waals surface area (Å²) in [7, 11) is 0. The van der Waals surface area contributed by atoms with Crippen molar-refractivity contribution in [2.45, 2.75) is 52.4 Å². The second kappa shape index (κ2) is 6.00. The summed E-state index contributed by atoms with van der Waals surface area (Å²) in [6, 6.07) is 0. The van der Waals surface area contributed by atoms with Crippen molar-refractivity contribution in [2.75, 3.05) is 0 Å². The quantitative estimate of drug-likeness (QED) is 0.492. The Kier molecular flexibility index (Phi) is 4.92. The predicted octanol–water partition coefficient (Wildman–Crippen LogP) is 3.74. The first-order valence-electron chi connectivity index (χ1n) is 5.89. The monoisotopic (exact) mass is 194 g/mol. The zero-order valence-corrected chi connectivity index (χ0v) is 9.46. The Morgan fingerprint density at radius 1 is 1.29 bits per heavy atom. The molecular formula is C13H22O. The van der Waals surface area contributed by atoms with Crippen molar-refractivity contribution in [2.24, 2.45) is 11.8 Å². The first kappa shape index (κ1) is 11.5. The number of hydrogen-bond donors (Lipinski definition) is 0. The van der Waals surface area contributed by atoms with Gasteiger partial charge in [-0.25, -0.2) is 0 Å². The van der Waals surface area contributed by atoms with E-state index >= 15 is 0 Å². The van der Waals surface area contributed by atoms with Gasteiger partial charge in [0.2, 0.25) is 0 Å². The van der Waals surface area contributed by atoms with Crippen molar-refractivity contribution in [3.8, 4) is 0 Å². The van der Waals surface area contributed by atoms with E-state index < -0.39 is 0 Å². The van der Waals surface area contributed by atoms with Gasteiger partial charge in [-0.2, -0.15) is 0 Å². The molecule has 0 unspecified atom stereocenters. The van der Waals surface area contributed by atoms with E-state index in [1.165, 1.54) is 32.1 Å². The van der Waals surface area contributed by atoms with E-state index in [0.717, 1.165) is 24.2 Å². The summed E-state index contributed by atoms with van der Waals surface area (Å²) in [6.07, 6.45) is 11.2. The number of carbonyl (C=O) groups is 1. The molecule has 1 fully saturated rings. The van der Waals surface area contributed by atoms with Crippen molar-refractivity contribution >= 4 is 6.29 Å². The van der Waals surface area contributed by atoms with Crippen LogP contribution >= 0.6 is 0 Å². The van der Waals surface area contributed by atoms with Gasteiger partial charge in [0.1, 0.15) is 6.29 Å². The normalized spacial score (nSPS) is 20.1. The molecule has 0 aliphatic heterocycles. The third-order valence-electron chi connectivity index (χ3n) is 3.21. The van der Waals surface area contributed by atoms with E-state index in [-0.39, 0.29) is 0 Å². The highest BCUT2D eigenvalue weighted by molar-refractivity contribution is 5.73. The Morgan fingerprint density at radius 3 is 2.43 bits per heavy atom. The van der Waals surface area contributed by atoms with Crippen LogP contribution in [0.5, 0.6) is 0 Å². The molecule has 0 aromatic heterocycles. The van der Waals surface area contributed by atoms with Crippen molar-refractivity contribution in [3.05, 3.63) is 11.6 Å². The molecule has 1 heteroatoms. The summed E-state index contributed by atoms with van der Waals surface area (Å²) in [6.45, 7) is 4.17. The number of rotatable bonds is 4. The lowest BCUT2D eigenvalue weighted by Crippen LogP contribution is -2.06. The molecule has 1 rings (SSSR count). The minimum atomic E-state index is 0.385. The van der Waals surface area contributed by atoms with Crippen LogP contribution in [0.15, 0.2) is 11.6 Å². The van der Waals surface area contributed by atoms with Gasteiger partial charge in [0.05, 0.1) is 0 Å². The van der Waals surface area contributed by atoms with Crippen LogP contribution in [0.1, 0.15) is 52.4 Å². The summed E-state index contributed by atoms with van der Waals surface area (Å²) in [4.78, 5) is 10.8. The van der Waals surface area contributed by atoms with Crippen LogP contribution in [0.4, 0.5) is 0 Å². The summed E-state index contributed by atoms with van der Waals surface area (Å²) in [5.41, 5.74) is 0.982. The van der Waals surface area contributed by atoms with Gasteiger partial charge in [0.15, 0.2) is 0 Å². The van der Waals surface area contributed by atoms with E-state index in [1.54, 1.807) is 0 Å². The second-order valence-electron chi connectivity index (χ2n) is 4.72. The topological polar surface area (TPSA) is 17.1 Å². The van der Waals surface area contributed by atoms with Crippen LogP contribution in [0.25, 0.3) is 0 Å². The van der Waals surface area contributed by atoms with Gasteiger partial charge in [-0.05, 0) is 23.8 Å². The molecule has 0 amide bonds. The Morgan fingerprint density at radius 2 is 1.93 bits per heavy atom. The number of carbonyl (C=O) groups excluding carboxylic acids is 1. The molecule has 0 bridgehead atoms. The number of hydrogen-bond acceptors (Lipinski definition) is 1. The maximum absolute atomic E-state index is 10.8. The van der Waals surface area contributed by atoms with Gasteiger partial charge in [-0.15, -0.1) is 0 Å². The van der Waals surface area contributed by atoms with Gasteiger partial charge >= 0.3 is 0 Å². The summed E-state index contributed by atoms with van der Waals surface area (Å²) in [5.74, 6) is 1.23. The van der Waals surface area contributed by atoms with Crippen molar-refractivity contribution < 1.29 is 4.79 Å². The highest BCUT2D eigenvalue weighted by Crippen LogP contribution is 2.27. The van der Waals surface area contributed by atoms with Crippen LogP contribution < -0.4 is 0 Å². The van der Waals surface area contributed by atoms with E-state index in [0.29, 0.717) is 5.92 Å². The van der Waals surface area contributed by atoms with Crippen molar-refractivity contribution in [1.82, 2.24) is 0 Å². The van der Waals surface area contributed by atoms with Crippen LogP contribution in [-0.4, -0.2) is 6.29 Å². The summed E-state index contributed by atoms with van der Waals surface area (Å²) < 4.78 is 0. The van der Waals surface area contributed by atoms with E-state index in [4.69, 9.17) is 0 Å². The van der Waals surface area contributed by atoms with Gasteiger partial charge in [0, 0.05) is 0 Å². The van der Waals surface area contributed by atoms with Gasteiger partial charge in [0.25, 0.3) is 0 Å². The lowest BCUT2D eigenvalue weighted by molar-refractivity contribution is -0.105. The molecule has 80 valence electrons. The molecule has 0 aromatic rings. The Bertz CT molecular complexity index is 197. The molecule has 0 aromatic carbocycles. The van der Waals surface area contributed by atoms with Crippen molar-refractivity contribution in [1.29, 1.82) is 0 Å². The molecular weight excluding hydrogens is 172 g/mol. The zero-order chi connectivity index (χ0) is 10.4. The Labute approximate surface area is 87.6 Å². The van der Waals surface area contributed by atoms with Crippen LogP contribution in [0.2, 0.25) is 0 Å². The highest BCUT2D eigenvalue weighted by atomic mass is 16.1. The number of allylic oxidation sites excluding steroid dienone is 2. The molecule has 0 spiro atoms. The first-order chi connectivity index (χ1) is 6.74. The average molecular weight is 194 g/mol. The maximum atomic E-state index is 10.8. The molecule has 14 heavy (non-hydrogen) atoms. The largest absolute Gasteiger partial charge is 0.298 e. The fraction of sp³-hybridized carbons (Fsp3) is 0.769. The fourth-order valence-electron chi connectivity index (χ4n) is 2.15. The van der Waals surface area contributed by atoms with Crippen LogP contribution in [0.3, 0.4) is 0 Å². The standard InChI is InChI=1S/C13H22O/c1-11(2)13(10-14)9-8-12-6-4-3-5-7-12/h9-12H,3-8H2,1-2H3. The molecule has 0 radical (unpaired) electrons. The Balaban J connectivity index is 2.38. The molecule has 1 nitrogen and oxygen atoms in total. The lowest BCUT2D eigenvalue weighted by atomic mass is 9.86. The van der Waals surface area contributed by atoms with Gasteiger partial charge in [-0.3, -0.25) is 4.79 Å². The highest BCUT2D eigenvalue weighted by Gasteiger charge is 2.12. The molecule has 0 saturated heterocycles. The smallest absolute Gasteiger partial charge is 0.145 e. The molecule has 0 N–H and O–H groups in total. The van der Waals surface area contributed by atoms with Crippen LogP contribution in [-0.2, 0) is 4.79 Å². The van der Waals surface area contributed by atoms with Gasteiger partial charge < -0.3 is 0 Å². The molecule has 1 aliphatic carbocycles. The first-order valence-corrected chi connectivity index (χ1v) is 5.89. The lowest BCUT2D eigenvalue weighted by Gasteiger charge is -2.20. The number of aldehydes is 1. The summed E-state index contributed by atoms with van der Waals surface area (Å²) >= 11 is 0. The van der Waals surface area contributed by atoms with E-state index in [2.05, 4.69) is 19.9 Å². The fourth-order valence-corrected chi connectivity index (χ4v) is 2.15. The maximum Gasteiger partial charge on any atom is 0.145 e. The van der Waals surface area contributed by atoms with Gasteiger partial charge in [-0.1, -0.05) is 52.0 Å². The average Bonchev–Trinajstić information content (AvgIpc) is 2.20. The molecule has 1 aliphatic rings. The third-order valence-corrected chi connectivity index (χ3v) is 3.21. The third kappa shape index (κ3) is 3.65. The molecule has 1 saturated carbocycles. The van der Waals surface area contributed by atoms with Crippen molar-refractivity contribution in [3.63, 3.8) is 0 Å². The zero-order valence-electron chi connectivity index (χ0n) is 9.46. The summed E-state index contributed by atoms with van der Waals surface area (Å²) in [5, 5.41) is 0. The van der Waals surface area contributed by atoms with E-state index in [1.807, 2.05) is 0 Å². The predicted molar refractivity (Wildman–Crippen MR) is 60.2 cm³/mol. The molecule has 0 atom stereocenters. The molecule has 0 heterocycles.